The van der Waals surface area contributed by atoms with Crippen molar-refractivity contribution in [3.63, 3.8) is 0 Å². The lowest BCUT2D eigenvalue weighted by Crippen LogP contribution is -2.58. The van der Waals surface area contributed by atoms with Crippen molar-refractivity contribution in [1.29, 1.82) is 0 Å². The minimum atomic E-state index is -0.941. The maximum absolute atomic E-state index is 14.2. The number of carbonyl (C=O) groups is 3. The summed E-state index contributed by atoms with van der Waals surface area (Å²) in [5.74, 6) is 1.10. The smallest absolute Gasteiger partial charge is 0.246 e. The number of aliphatic hydroxyl groups excluding tert-OH is 1. The summed E-state index contributed by atoms with van der Waals surface area (Å²) in [4.78, 5) is 54.4. The first-order chi connectivity index (χ1) is 28.0. The lowest BCUT2D eigenvalue weighted by molar-refractivity contribution is -0.144. The quantitative estimate of drug-likeness (QED) is 0.132. The van der Waals surface area contributed by atoms with Crippen LogP contribution in [0, 0.1) is 33.1 Å². The van der Waals surface area contributed by atoms with Crippen molar-refractivity contribution in [3.8, 4) is 21.2 Å². The first-order valence-electron chi connectivity index (χ1n) is 19.9. The zero-order valence-electron chi connectivity index (χ0n) is 35.0. The molecule has 1 saturated heterocycles. The molecule has 310 valence electrons. The monoisotopic (exact) mass is 836 g/mol. The van der Waals surface area contributed by atoms with E-state index in [0.29, 0.717) is 5.75 Å². The van der Waals surface area contributed by atoms with Gasteiger partial charge in [0.25, 0.3) is 0 Å². The Bertz CT molecular complexity index is 2390. The number of aromatic nitrogens is 4. The Balaban J connectivity index is 0.964. The second-order valence-corrected chi connectivity index (χ2v) is 18.6. The van der Waals surface area contributed by atoms with Crippen molar-refractivity contribution in [2.45, 2.75) is 105 Å². The predicted molar refractivity (Wildman–Crippen MR) is 230 cm³/mol. The van der Waals surface area contributed by atoms with Gasteiger partial charge < -0.3 is 25.4 Å². The van der Waals surface area contributed by atoms with Crippen LogP contribution < -0.4 is 15.4 Å². The highest BCUT2D eigenvalue weighted by atomic mass is 32.1. The number of ether oxygens (including phenoxy) is 1. The van der Waals surface area contributed by atoms with Crippen molar-refractivity contribution in [3.05, 3.63) is 98.5 Å². The molecule has 2 aliphatic rings. The minimum absolute atomic E-state index is 0.00507. The third kappa shape index (κ3) is 8.59. The van der Waals surface area contributed by atoms with E-state index in [1.807, 2.05) is 103 Å². The maximum atomic E-state index is 14.2. The van der Waals surface area contributed by atoms with E-state index in [9.17, 15) is 19.5 Å². The van der Waals surface area contributed by atoms with Crippen molar-refractivity contribution in [1.82, 2.24) is 35.3 Å². The Morgan fingerprint density at radius 3 is 2.34 bits per heavy atom. The Morgan fingerprint density at radius 2 is 1.68 bits per heavy atom. The summed E-state index contributed by atoms with van der Waals surface area (Å²) in [7, 11) is 0. The third-order valence-electron chi connectivity index (χ3n) is 11.1. The predicted octanol–water partition coefficient (Wildman–Crippen LogP) is 6.74. The number of likely N-dealkylation sites (tertiary alicyclic amines) is 1. The Hall–Kier alpha value is -5.25. The van der Waals surface area contributed by atoms with Gasteiger partial charge in [-0.2, -0.15) is 0 Å². The molecule has 0 radical (unpaired) electrons. The number of carbonyl (C=O) groups excluding carboxylic acids is 3. The summed E-state index contributed by atoms with van der Waals surface area (Å²) < 4.78 is 8.12. The highest BCUT2D eigenvalue weighted by molar-refractivity contribution is 7.15. The summed E-state index contributed by atoms with van der Waals surface area (Å²) in [6, 6.07) is 13.3. The van der Waals surface area contributed by atoms with Crippen LogP contribution in [-0.4, -0.2) is 84.5 Å². The van der Waals surface area contributed by atoms with E-state index in [0.717, 1.165) is 55.2 Å². The second-order valence-electron chi connectivity index (χ2n) is 16.6. The minimum Gasteiger partial charge on any atom is -0.493 e. The first-order valence-corrected chi connectivity index (χ1v) is 21.6. The number of hydrogen-bond acceptors (Lipinski definition) is 11. The van der Waals surface area contributed by atoms with Gasteiger partial charge in [-0.05, 0) is 87.9 Å². The van der Waals surface area contributed by atoms with Crippen LogP contribution >= 0.6 is 22.7 Å². The number of aryl methyl sites for hydroxylation is 3. The zero-order chi connectivity index (χ0) is 42.3. The Kier molecular flexibility index (Phi) is 11.9. The number of nitrogens with zero attached hydrogens (tertiary/aromatic N) is 6. The molecule has 3 N–H and O–H groups in total. The fourth-order valence-electron chi connectivity index (χ4n) is 7.70. The summed E-state index contributed by atoms with van der Waals surface area (Å²) >= 11 is 3.29. The first kappa shape index (κ1) is 41.9. The molecule has 13 nitrogen and oxygen atoms in total. The fraction of sp³-hybridized carbons (Fsp3) is 0.432. The molecule has 3 amide bonds. The van der Waals surface area contributed by atoms with Gasteiger partial charge in [-0.15, -0.1) is 32.9 Å². The average molecular weight is 837 g/mol. The van der Waals surface area contributed by atoms with Crippen molar-refractivity contribution < 1.29 is 24.2 Å². The van der Waals surface area contributed by atoms with Crippen LogP contribution in [0.25, 0.3) is 15.4 Å². The number of aliphatic imine (C=N–C) groups is 1. The average Bonchev–Trinajstić information content (AvgIpc) is 3.96. The van der Waals surface area contributed by atoms with Crippen LogP contribution in [0.3, 0.4) is 0 Å². The molecule has 59 heavy (non-hydrogen) atoms. The number of thiophene rings is 1. The maximum Gasteiger partial charge on any atom is 0.246 e. The summed E-state index contributed by atoms with van der Waals surface area (Å²) in [6.07, 6.45) is -0.757. The summed E-state index contributed by atoms with van der Waals surface area (Å²) in [5, 5.41) is 26.5. The van der Waals surface area contributed by atoms with Crippen LogP contribution in [0.4, 0.5) is 0 Å². The number of hydrogen-bond donors (Lipinski definition) is 3. The van der Waals surface area contributed by atoms with Crippen molar-refractivity contribution in [2.24, 2.45) is 10.4 Å². The highest BCUT2D eigenvalue weighted by Gasteiger charge is 2.44. The molecule has 1 fully saturated rings. The number of aliphatic hydroxyl groups is 1. The van der Waals surface area contributed by atoms with Gasteiger partial charge in [0, 0.05) is 29.0 Å². The van der Waals surface area contributed by atoms with Crippen LogP contribution in [0.2, 0.25) is 0 Å². The molecule has 5 heterocycles. The van der Waals surface area contributed by atoms with Crippen molar-refractivity contribution in [2.75, 3.05) is 13.2 Å². The Labute approximate surface area is 353 Å². The molecule has 5 atom stereocenters. The van der Waals surface area contributed by atoms with Gasteiger partial charge in [0.05, 0.1) is 47.0 Å². The fourth-order valence-corrected chi connectivity index (χ4v) is 9.73. The number of nitrogens with one attached hydrogen (secondary N) is 2. The molecular formula is C44H52N8O5S2. The van der Waals surface area contributed by atoms with E-state index in [2.05, 4.69) is 44.2 Å². The lowest BCUT2D eigenvalue weighted by atomic mass is 9.85. The zero-order valence-corrected chi connectivity index (χ0v) is 36.6. The van der Waals surface area contributed by atoms with Gasteiger partial charge in [0.1, 0.15) is 34.7 Å². The van der Waals surface area contributed by atoms with Crippen LogP contribution in [0.15, 0.2) is 59.0 Å². The van der Waals surface area contributed by atoms with Crippen LogP contribution in [0.5, 0.6) is 5.75 Å². The van der Waals surface area contributed by atoms with E-state index in [-0.39, 0.29) is 49.9 Å². The molecular weight excluding hydrogens is 785 g/mol. The number of β-amino-alcohol motifs (C(OH)–C–C–N with tert-alkyl or cyclic N) is 1. The van der Waals surface area contributed by atoms with Gasteiger partial charge in [0.2, 0.25) is 17.7 Å². The number of rotatable bonds is 11. The Morgan fingerprint density at radius 1 is 0.983 bits per heavy atom. The summed E-state index contributed by atoms with van der Waals surface area (Å²) in [5.41, 5.74) is 8.14. The van der Waals surface area contributed by atoms with Crippen molar-refractivity contribution >= 4 is 46.1 Å². The van der Waals surface area contributed by atoms with Gasteiger partial charge in [-0.1, -0.05) is 45.0 Å². The SMILES string of the molecule is Cc1ncsc1-c1ccc(C(C)NC(=O)[C@@H]2C[C@@H](O)CN2C(=O)C(NC(=O)CCOc2ccc(C3=N[C@@H](C)c4nnc(C)n4-c4sc(C)c(C)c43)cc2)C(C)(C)C)cc1. The molecule has 0 spiro atoms. The second kappa shape index (κ2) is 16.8. The van der Waals surface area contributed by atoms with Crippen LogP contribution in [-0.2, 0) is 14.4 Å². The molecule has 2 unspecified atom stereocenters. The van der Waals surface area contributed by atoms with Gasteiger partial charge in [0.15, 0.2) is 5.82 Å². The molecule has 5 aromatic rings. The molecule has 0 aliphatic carbocycles. The van der Waals surface area contributed by atoms with Crippen LogP contribution in [0.1, 0.15) is 104 Å². The van der Waals surface area contributed by atoms with Gasteiger partial charge in [-0.3, -0.25) is 23.9 Å². The number of thiazole rings is 1. The molecule has 0 bridgehead atoms. The van der Waals surface area contributed by atoms with E-state index < -0.39 is 29.5 Å². The van der Waals surface area contributed by atoms with Gasteiger partial charge >= 0.3 is 0 Å². The molecule has 0 saturated carbocycles. The van der Waals surface area contributed by atoms with E-state index in [1.54, 1.807) is 22.7 Å². The van der Waals surface area contributed by atoms with E-state index in [4.69, 9.17) is 9.73 Å². The molecule has 3 aromatic heterocycles. The molecule has 7 rings (SSSR count). The van der Waals surface area contributed by atoms with E-state index in [1.165, 1.54) is 15.3 Å². The van der Waals surface area contributed by atoms with Gasteiger partial charge in [-0.25, -0.2) is 4.98 Å². The molecule has 15 heteroatoms. The lowest BCUT2D eigenvalue weighted by Gasteiger charge is -2.35. The molecule has 2 aliphatic heterocycles. The standard InChI is InChI=1S/C44H52N8O5S2/c1-23-27(5)59-43-36(23)37(46-26(4)40-50-49-28(6)52(40)43)30-14-16-33(17-15-30)57-19-18-35(54)48-39(44(7,8)9)42(56)51-21-32(53)20-34(51)41(55)47-24(2)29-10-12-31(13-11-29)38-25(3)45-22-58-38/h10-17,22,24,26,32,34,39,53H,18-21H2,1-9H3,(H,47,55)(H,48,54)/t24?,26-,32+,34-,39?/m0/s1. The largest absolute Gasteiger partial charge is 0.493 e. The third-order valence-corrected chi connectivity index (χ3v) is 13.3. The van der Waals surface area contributed by atoms with E-state index >= 15 is 0 Å². The highest BCUT2D eigenvalue weighted by Crippen LogP contribution is 2.39. The normalized spacial score (nSPS) is 18.6. The topological polar surface area (TPSA) is 164 Å². The summed E-state index contributed by atoms with van der Waals surface area (Å²) in [6.45, 7) is 17.8. The number of benzene rings is 2. The molecule has 2 aromatic carbocycles. The number of amides is 3. The number of fused-ring (bicyclic) bond motifs is 3.